The molecule has 1 amide bonds. The maximum Gasteiger partial charge on any atom is 0.335 e. The maximum atomic E-state index is 12.2. The van der Waals surface area contributed by atoms with Crippen LogP contribution in [0.4, 0.5) is 0 Å². The summed E-state index contributed by atoms with van der Waals surface area (Å²) in [6, 6.07) is 14.1. The molecule has 126 valence electrons. The van der Waals surface area contributed by atoms with Gasteiger partial charge < -0.3 is 14.7 Å². The number of hydrogen-bond acceptors (Lipinski definition) is 3. The van der Waals surface area contributed by atoms with E-state index >= 15 is 0 Å². The van der Waals surface area contributed by atoms with Crippen molar-refractivity contribution in [3.8, 4) is 5.75 Å². The lowest BCUT2D eigenvalue weighted by molar-refractivity contribution is -0.132. The topological polar surface area (TPSA) is 66.8 Å². The zero-order valence-electron chi connectivity index (χ0n) is 13.9. The number of likely N-dealkylation sites (N-methyl/N-ethyl adjacent to an activating group) is 1. The van der Waals surface area contributed by atoms with Crippen LogP contribution in [-0.4, -0.2) is 35.5 Å². The van der Waals surface area contributed by atoms with Gasteiger partial charge in [0.2, 0.25) is 0 Å². The molecule has 2 aromatic rings. The van der Waals surface area contributed by atoms with Gasteiger partial charge in [-0.2, -0.15) is 0 Å². The molecule has 0 aliphatic carbocycles. The van der Waals surface area contributed by atoms with E-state index < -0.39 is 5.97 Å². The van der Waals surface area contributed by atoms with E-state index in [-0.39, 0.29) is 18.1 Å². The normalized spacial score (nSPS) is 10.2. The molecule has 2 aromatic carbocycles. The minimum atomic E-state index is -0.964. The third kappa shape index (κ3) is 4.59. The number of hydrogen-bond donors (Lipinski definition) is 1. The van der Waals surface area contributed by atoms with Gasteiger partial charge in [0.05, 0.1) is 5.56 Å². The molecule has 0 heterocycles. The lowest BCUT2D eigenvalue weighted by Crippen LogP contribution is -2.31. The Morgan fingerprint density at radius 1 is 1.08 bits per heavy atom. The molecule has 5 nitrogen and oxygen atoms in total. The van der Waals surface area contributed by atoms with Crippen molar-refractivity contribution in [1.82, 2.24) is 4.90 Å². The largest absolute Gasteiger partial charge is 0.483 e. The standard InChI is InChI=1S/C19H21NO4/c1-3-15-6-4-5-7-17(15)24-13-18(21)20(2)12-14-8-10-16(11-9-14)19(22)23/h4-11H,3,12-13H2,1-2H3,(H,22,23). The van der Waals surface area contributed by atoms with Crippen molar-refractivity contribution >= 4 is 11.9 Å². The van der Waals surface area contributed by atoms with Crippen molar-refractivity contribution in [1.29, 1.82) is 0 Å². The number of benzene rings is 2. The Balaban J connectivity index is 1.91. The fourth-order valence-electron chi connectivity index (χ4n) is 2.30. The summed E-state index contributed by atoms with van der Waals surface area (Å²) in [4.78, 5) is 24.6. The summed E-state index contributed by atoms with van der Waals surface area (Å²) in [5.74, 6) is -0.371. The minimum absolute atomic E-state index is 0.0271. The number of amides is 1. The Hall–Kier alpha value is -2.82. The highest BCUT2D eigenvalue weighted by Crippen LogP contribution is 2.18. The van der Waals surface area contributed by atoms with Crippen LogP contribution in [-0.2, 0) is 17.8 Å². The number of rotatable bonds is 7. The zero-order chi connectivity index (χ0) is 17.5. The van der Waals surface area contributed by atoms with Crippen molar-refractivity contribution < 1.29 is 19.4 Å². The van der Waals surface area contributed by atoms with Crippen molar-refractivity contribution in [2.75, 3.05) is 13.7 Å². The van der Waals surface area contributed by atoms with Crippen LogP contribution in [0.2, 0.25) is 0 Å². The fraction of sp³-hybridized carbons (Fsp3) is 0.263. The van der Waals surface area contributed by atoms with Gasteiger partial charge in [-0.1, -0.05) is 37.3 Å². The third-order valence-electron chi connectivity index (χ3n) is 3.75. The number of para-hydroxylation sites is 1. The van der Waals surface area contributed by atoms with Crippen LogP contribution in [0.15, 0.2) is 48.5 Å². The number of carbonyl (C=O) groups excluding carboxylic acids is 1. The lowest BCUT2D eigenvalue weighted by Gasteiger charge is -2.18. The van der Waals surface area contributed by atoms with Crippen molar-refractivity contribution in [3.63, 3.8) is 0 Å². The lowest BCUT2D eigenvalue weighted by atomic mass is 10.1. The predicted octanol–water partition coefficient (Wildman–Crippen LogP) is 2.98. The Labute approximate surface area is 141 Å². The summed E-state index contributed by atoms with van der Waals surface area (Å²) in [6.45, 7) is 2.41. The average Bonchev–Trinajstić information content (AvgIpc) is 2.60. The van der Waals surface area contributed by atoms with Gasteiger partial charge in [0.25, 0.3) is 5.91 Å². The van der Waals surface area contributed by atoms with Gasteiger partial charge in [0, 0.05) is 13.6 Å². The molecule has 0 unspecified atom stereocenters. The third-order valence-corrected chi connectivity index (χ3v) is 3.75. The zero-order valence-corrected chi connectivity index (χ0v) is 13.9. The van der Waals surface area contributed by atoms with E-state index in [0.29, 0.717) is 6.54 Å². The number of carbonyl (C=O) groups is 2. The quantitative estimate of drug-likeness (QED) is 0.849. The van der Waals surface area contributed by atoms with Crippen molar-refractivity contribution in [2.24, 2.45) is 0 Å². The van der Waals surface area contributed by atoms with E-state index in [1.165, 1.54) is 12.1 Å². The second kappa shape index (κ2) is 8.15. The van der Waals surface area contributed by atoms with Gasteiger partial charge in [0.15, 0.2) is 6.61 Å². The Bertz CT molecular complexity index is 710. The second-order valence-electron chi connectivity index (χ2n) is 5.50. The molecule has 0 spiro atoms. The molecule has 0 atom stereocenters. The molecule has 0 aromatic heterocycles. The smallest absolute Gasteiger partial charge is 0.335 e. The van der Waals surface area contributed by atoms with Crippen LogP contribution in [0, 0.1) is 0 Å². The van der Waals surface area contributed by atoms with Gasteiger partial charge in [-0.3, -0.25) is 4.79 Å². The van der Waals surface area contributed by atoms with E-state index in [1.54, 1.807) is 24.1 Å². The molecule has 0 saturated carbocycles. The summed E-state index contributed by atoms with van der Waals surface area (Å²) < 4.78 is 5.63. The van der Waals surface area contributed by atoms with Gasteiger partial charge >= 0.3 is 5.97 Å². The van der Waals surface area contributed by atoms with Gasteiger partial charge in [-0.15, -0.1) is 0 Å². The van der Waals surface area contributed by atoms with Crippen LogP contribution in [0.3, 0.4) is 0 Å². The molecule has 0 aliphatic rings. The molecule has 0 bridgehead atoms. The van der Waals surface area contributed by atoms with Crippen molar-refractivity contribution in [3.05, 3.63) is 65.2 Å². The first-order valence-corrected chi connectivity index (χ1v) is 7.78. The van der Waals surface area contributed by atoms with Crippen LogP contribution in [0.25, 0.3) is 0 Å². The molecule has 24 heavy (non-hydrogen) atoms. The van der Waals surface area contributed by atoms with Crippen molar-refractivity contribution in [2.45, 2.75) is 19.9 Å². The molecular formula is C19H21NO4. The number of carboxylic acids is 1. The first-order chi connectivity index (χ1) is 11.5. The number of nitrogens with zero attached hydrogens (tertiary/aromatic N) is 1. The molecule has 1 N–H and O–H groups in total. The van der Waals surface area contributed by atoms with Crippen LogP contribution in [0.5, 0.6) is 5.75 Å². The number of carboxylic acid groups (broad SMARTS) is 1. The molecule has 0 aliphatic heterocycles. The average molecular weight is 327 g/mol. The molecule has 5 heteroatoms. The minimum Gasteiger partial charge on any atom is -0.483 e. The fourth-order valence-corrected chi connectivity index (χ4v) is 2.30. The van der Waals surface area contributed by atoms with E-state index in [4.69, 9.17) is 9.84 Å². The summed E-state index contributed by atoms with van der Waals surface area (Å²) in [5, 5.41) is 8.89. The number of aryl methyl sites for hydroxylation is 1. The molecule has 0 radical (unpaired) electrons. The first kappa shape index (κ1) is 17.5. The predicted molar refractivity (Wildman–Crippen MR) is 91.2 cm³/mol. The van der Waals surface area contributed by atoms with Gasteiger partial charge in [0.1, 0.15) is 5.75 Å². The Morgan fingerprint density at radius 3 is 2.38 bits per heavy atom. The molecular weight excluding hydrogens is 306 g/mol. The van der Waals surface area contributed by atoms with Gasteiger partial charge in [-0.05, 0) is 35.7 Å². The first-order valence-electron chi connectivity index (χ1n) is 7.78. The maximum absolute atomic E-state index is 12.2. The van der Waals surface area contributed by atoms with E-state index in [0.717, 1.165) is 23.3 Å². The monoisotopic (exact) mass is 327 g/mol. The molecule has 2 rings (SSSR count). The highest BCUT2D eigenvalue weighted by Gasteiger charge is 2.12. The highest BCUT2D eigenvalue weighted by atomic mass is 16.5. The van der Waals surface area contributed by atoms with E-state index in [1.807, 2.05) is 31.2 Å². The Kier molecular flexibility index (Phi) is 5.95. The SMILES string of the molecule is CCc1ccccc1OCC(=O)N(C)Cc1ccc(C(=O)O)cc1. The summed E-state index contributed by atoms with van der Waals surface area (Å²) in [7, 11) is 1.70. The summed E-state index contributed by atoms with van der Waals surface area (Å²) in [6.07, 6.45) is 0.843. The summed E-state index contributed by atoms with van der Waals surface area (Å²) >= 11 is 0. The van der Waals surface area contributed by atoms with Crippen LogP contribution >= 0.6 is 0 Å². The van der Waals surface area contributed by atoms with Crippen LogP contribution in [0.1, 0.15) is 28.4 Å². The second-order valence-corrected chi connectivity index (χ2v) is 5.50. The van der Waals surface area contributed by atoms with Crippen LogP contribution < -0.4 is 4.74 Å². The molecule has 0 fully saturated rings. The van der Waals surface area contributed by atoms with E-state index in [9.17, 15) is 9.59 Å². The molecule has 0 saturated heterocycles. The highest BCUT2D eigenvalue weighted by molar-refractivity contribution is 5.87. The number of aromatic carboxylic acids is 1. The number of ether oxygens (including phenoxy) is 1. The van der Waals surface area contributed by atoms with E-state index in [2.05, 4.69) is 0 Å². The van der Waals surface area contributed by atoms with Gasteiger partial charge in [-0.25, -0.2) is 4.79 Å². The summed E-state index contributed by atoms with van der Waals surface area (Å²) in [5.41, 5.74) is 2.16. The Morgan fingerprint density at radius 2 is 1.75 bits per heavy atom.